The molecule has 0 amide bonds. The van der Waals surface area contributed by atoms with Gasteiger partial charge in [-0.3, -0.25) is 0 Å². The van der Waals surface area contributed by atoms with Gasteiger partial charge in [-0.2, -0.15) is 0 Å². The Morgan fingerprint density at radius 1 is 0.286 bits per heavy atom. The first-order valence-corrected chi connectivity index (χ1v) is 20.0. The van der Waals surface area contributed by atoms with Gasteiger partial charge < -0.3 is 4.90 Å². The summed E-state index contributed by atoms with van der Waals surface area (Å²) in [7, 11) is 0. The molecular formula is C54H35NS. The maximum absolute atomic E-state index is 2.37. The fraction of sp³-hybridized carbons (Fsp3) is 0. The molecule has 262 valence electrons. The van der Waals surface area contributed by atoms with Crippen LogP contribution in [-0.4, -0.2) is 0 Å². The monoisotopic (exact) mass is 729 g/mol. The molecule has 56 heavy (non-hydrogen) atoms. The Bertz CT molecular complexity index is 3220. The van der Waals surface area contributed by atoms with Crippen LogP contribution in [0, 0.1) is 0 Å². The molecule has 0 saturated heterocycles. The van der Waals surface area contributed by atoms with Crippen molar-refractivity contribution in [1.29, 1.82) is 0 Å². The van der Waals surface area contributed by atoms with Crippen LogP contribution < -0.4 is 4.90 Å². The molecule has 0 fully saturated rings. The second-order valence-electron chi connectivity index (χ2n) is 14.5. The van der Waals surface area contributed by atoms with Crippen LogP contribution in [0.15, 0.2) is 212 Å². The zero-order valence-corrected chi connectivity index (χ0v) is 31.4. The Balaban J connectivity index is 0.986. The number of anilines is 3. The van der Waals surface area contributed by atoms with Gasteiger partial charge in [-0.05, 0) is 114 Å². The van der Waals surface area contributed by atoms with Gasteiger partial charge >= 0.3 is 0 Å². The van der Waals surface area contributed by atoms with E-state index in [4.69, 9.17) is 0 Å². The predicted molar refractivity (Wildman–Crippen MR) is 243 cm³/mol. The summed E-state index contributed by atoms with van der Waals surface area (Å²) in [6, 6.07) is 77.7. The number of fused-ring (bicyclic) bond motifs is 7. The molecule has 11 rings (SSSR count). The number of hydrogen-bond acceptors (Lipinski definition) is 2. The van der Waals surface area contributed by atoms with Crippen LogP contribution in [0.5, 0.6) is 0 Å². The Morgan fingerprint density at radius 3 is 1.50 bits per heavy atom. The van der Waals surface area contributed by atoms with Gasteiger partial charge in [0.1, 0.15) is 0 Å². The standard InChI is InChI=1S/C54H35NS/c1-3-12-46-37(9-1)11-7-15-48(46)39-23-30-44(31-24-39)55(45-32-25-40(26-33-45)50-16-8-17-52-51-14-5-6-18-53(51)56-54(50)52)43-28-21-36(22-29-43)41-27-34-49-42(35-41)20-19-38-10-2-4-13-47(38)49/h1-35H. The van der Waals surface area contributed by atoms with Crippen molar-refractivity contribution in [3.05, 3.63) is 212 Å². The number of thiophene rings is 1. The molecule has 0 unspecified atom stereocenters. The van der Waals surface area contributed by atoms with Gasteiger partial charge in [0, 0.05) is 37.2 Å². The Labute approximate surface area is 330 Å². The molecule has 11 aromatic rings. The molecule has 0 saturated carbocycles. The minimum atomic E-state index is 1.11. The highest BCUT2D eigenvalue weighted by Crippen LogP contribution is 2.42. The first-order chi connectivity index (χ1) is 27.7. The minimum absolute atomic E-state index is 1.11. The molecule has 0 spiro atoms. The van der Waals surface area contributed by atoms with Crippen molar-refractivity contribution < 1.29 is 0 Å². The van der Waals surface area contributed by atoms with Crippen LogP contribution in [0.2, 0.25) is 0 Å². The van der Waals surface area contributed by atoms with Crippen molar-refractivity contribution in [1.82, 2.24) is 0 Å². The van der Waals surface area contributed by atoms with Crippen LogP contribution >= 0.6 is 11.3 Å². The van der Waals surface area contributed by atoms with Crippen molar-refractivity contribution >= 4 is 80.9 Å². The third-order valence-corrected chi connectivity index (χ3v) is 12.5. The molecule has 1 nitrogen and oxygen atoms in total. The van der Waals surface area contributed by atoms with Crippen molar-refractivity contribution in [2.75, 3.05) is 4.90 Å². The van der Waals surface area contributed by atoms with Gasteiger partial charge in [-0.1, -0.05) is 164 Å². The smallest absolute Gasteiger partial charge is 0.0462 e. The SMILES string of the molecule is c1ccc2c(-c3ccc(N(c4ccc(-c5ccc6c(ccc7ccccc76)c5)cc4)c4ccc(-c5cccc6c5sc5ccccc56)cc4)cc3)cccc2c1. The Kier molecular flexibility index (Phi) is 7.75. The van der Waals surface area contributed by atoms with E-state index in [0.29, 0.717) is 0 Å². The highest BCUT2D eigenvalue weighted by atomic mass is 32.1. The van der Waals surface area contributed by atoms with E-state index in [0.717, 1.165) is 17.1 Å². The fourth-order valence-electron chi connectivity index (χ4n) is 8.47. The van der Waals surface area contributed by atoms with Crippen molar-refractivity contribution in [3.8, 4) is 33.4 Å². The fourth-order valence-corrected chi connectivity index (χ4v) is 9.71. The normalized spacial score (nSPS) is 11.6. The van der Waals surface area contributed by atoms with E-state index in [9.17, 15) is 0 Å². The summed E-state index contributed by atoms with van der Waals surface area (Å²) in [6.45, 7) is 0. The molecule has 0 aliphatic heterocycles. The first kappa shape index (κ1) is 32.4. The minimum Gasteiger partial charge on any atom is -0.311 e. The van der Waals surface area contributed by atoms with Gasteiger partial charge in [0.05, 0.1) is 0 Å². The number of rotatable bonds is 6. The van der Waals surface area contributed by atoms with Crippen LogP contribution in [-0.2, 0) is 0 Å². The van der Waals surface area contributed by atoms with Gasteiger partial charge in [-0.25, -0.2) is 0 Å². The first-order valence-electron chi connectivity index (χ1n) is 19.2. The molecule has 0 atom stereocenters. The second-order valence-corrected chi connectivity index (χ2v) is 15.6. The summed E-state index contributed by atoms with van der Waals surface area (Å²) >= 11 is 1.88. The highest BCUT2D eigenvalue weighted by molar-refractivity contribution is 7.26. The molecular weight excluding hydrogens is 695 g/mol. The largest absolute Gasteiger partial charge is 0.311 e. The quantitative estimate of drug-likeness (QED) is 0.154. The molecule has 0 bridgehead atoms. The van der Waals surface area contributed by atoms with E-state index in [1.54, 1.807) is 0 Å². The number of hydrogen-bond donors (Lipinski definition) is 0. The van der Waals surface area contributed by atoms with Crippen LogP contribution in [0.3, 0.4) is 0 Å². The lowest BCUT2D eigenvalue weighted by Crippen LogP contribution is -2.09. The number of benzene rings is 10. The summed E-state index contributed by atoms with van der Waals surface area (Å²) < 4.78 is 2.66. The van der Waals surface area contributed by atoms with Gasteiger partial charge in [-0.15, -0.1) is 11.3 Å². The predicted octanol–water partition coefficient (Wildman–Crippen LogP) is 16.0. The molecule has 0 radical (unpaired) electrons. The molecule has 1 heterocycles. The Hall–Kier alpha value is -7.00. The summed E-state index contributed by atoms with van der Waals surface area (Å²) in [5, 5.41) is 10.3. The molecule has 0 aliphatic rings. The lowest BCUT2D eigenvalue weighted by atomic mass is 9.97. The maximum atomic E-state index is 2.37. The van der Waals surface area contributed by atoms with E-state index in [2.05, 4.69) is 217 Å². The van der Waals surface area contributed by atoms with E-state index in [1.165, 1.54) is 85.9 Å². The van der Waals surface area contributed by atoms with Gasteiger partial charge in [0.2, 0.25) is 0 Å². The number of nitrogens with zero attached hydrogens (tertiary/aromatic N) is 1. The van der Waals surface area contributed by atoms with Crippen LogP contribution in [0.25, 0.3) is 85.9 Å². The molecule has 0 N–H and O–H groups in total. The van der Waals surface area contributed by atoms with Crippen LogP contribution in [0.1, 0.15) is 0 Å². The van der Waals surface area contributed by atoms with Crippen LogP contribution in [0.4, 0.5) is 17.1 Å². The lowest BCUT2D eigenvalue weighted by molar-refractivity contribution is 1.28. The van der Waals surface area contributed by atoms with Crippen molar-refractivity contribution in [2.45, 2.75) is 0 Å². The zero-order chi connectivity index (χ0) is 37.0. The van der Waals surface area contributed by atoms with E-state index in [-0.39, 0.29) is 0 Å². The topological polar surface area (TPSA) is 3.24 Å². The zero-order valence-electron chi connectivity index (χ0n) is 30.6. The molecule has 2 heteroatoms. The molecule has 10 aromatic carbocycles. The summed E-state index contributed by atoms with van der Waals surface area (Å²) in [6.07, 6.45) is 0. The van der Waals surface area contributed by atoms with E-state index in [1.807, 2.05) is 11.3 Å². The molecule has 1 aromatic heterocycles. The lowest BCUT2D eigenvalue weighted by Gasteiger charge is -2.26. The Morgan fingerprint density at radius 2 is 0.768 bits per heavy atom. The average Bonchev–Trinajstić information content (AvgIpc) is 3.66. The highest BCUT2D eigenvalue weighted by Gasteiger charge is 2.16. The average molecular weight is 730 g/mol. The summed E-state index contributed by atoms with van der Waals surface area (Å²) in [5.74, 6) is 0. The summed E-state index contributed by atoms with van der Waals surface area (Å²) in [5.41, 5.74) is 10.7. The van der Waals surface area contributed by atoms with Gasteiger partial charge in [0.25, 0.3) is 0 Å². The third kappa shape index (κ3) is 5.54. The third-order valence-electron chi connectivity index (χ3n) is 11.3. The maximum Gasteiger partial charge on any atom is 0.0462 e. The van der Waals surface area contributed by atoms with E-state index < -0.39 is 0 Å². The second kappa shape index (κ2) is 13.4. The molecule has 0 aliphatic carbocycles. The van der Waals surface area contributed by atoms with Crippen molar-refractivity contribution in [3.63, 3.8) is 0 Å². The van der Waals surface area contributed by atoms with Gasteiger partial charge in [0.15, 0.2) is 0 Å². The summed E-state index contributed by atoms with van der Waals surface area (Å²) in [4.78, 5) is 2.37. The van der Waals surface area contributed by atoms with E-state index >= 15 is 0 Å². The van der Waals surface area contributed by atoms with Crippen molar-refractivity contribution in [2.24, 2.45) is 0 Å².